The van der Waals surface area contributed by atoms with Crippen molar-refractivity contribution in [2.24, 2.45) is 0 Å². The number of hydrogen-bond acceptors (Lipinski definition) is 2. The average Bonchev–Trinajstić information content (AvgIpc) is 2.34. The normalized spacial score (nSPS) is 15.6. The SMILES string of the molecule is C[C@](CO)(C(=O)O)c1cc(C(F)(F)F)cc(C(F)(F)F)c1. The van der Waals surface area contributed by atoms with Crippen LogP contribution in [-0.4, -0.2) is 22.8 Å². The van der Waals surface area contributed by atoms with Crippen LogP contribution < -0.4 is 0 Å². The fraction of sp³-hybridized carbons (Fsp3) is 0.417. The minimum atomic E-state index is -5.08. The van der Waals surface area contributed by atoms with Gasteiger partial charge in [0.2, 0.25) is 0 Å². The average molecular weight is 316 g/mol. The van der Waals surface area contributed by atoms with Gasteiger partial charge in [-0.2, -0.15) is 26.3 Å². The number of rotatable bonds is 3. The summed E-state index contributed by atoms with van der Waals surface area (Å²) in [7, 11) is 0. The maximum absolute atomic E-state index is 12.7. The first-order valence-electron chi connectivity index (χ1n) is 5.46. The van der Waals surface area contributed by atoms with Crippen molar-refractivity contribution in [2.45, 2.75) is 24.7 Å². The number of halogens is 6. The molecule has 9 heteroatoms. The van der Waals surface area contributed by atoms with E-state index >= 15 is 0 Å². The largest absolute Gasteiger partial charge is 0.481 e. The molecule has 0 saturated carbocycles. The van der Waals surface area contributed by atoms with Gasteiger partial charge in [0.15, 0.2) is 0 Å². The van der Waals surface area contributed by atoms with Crippen LogP contribution in [0.4, 0.5) is 26.3 Å². The lowest BCUT2D eigenvalue weighted by molar-refractivity contribution is -0.147. The Morgan fingerprint density at radius 3 is 1.52 bits per heavy atom. The van der Waals surface area contributed by atoms with Crippen LogP contribution in [0.2, 0.25) is 0 Å². The van der Waals surface area contributed by atoms with Crippen LogP contribution >= 0.6 is 0 Å². The Labute approximate surface area is 114 Å². The molecule has 1 aromatic carbocycles. The molecule has 0 saturated heterocycles. The third-order valence-electron chi connectivity index (χ3n) is 3.01. The molecule has 1 rings (SSSR count). The van der Waals surface area contributed by atoms with Gasteiger partial charge in [0, 0.05) is 0 Å². The maximum Gasteiger partial charge on any atom is 0.416 e. The molecule has 0 aliphatic rings. The first kappa shape index (κ1) is 17.3. The predicted molar refractivity (Wildman–Crippen MR) is 58.5 cm³/mol. The van der Waals surface area contributed by atoms with E-state index in [0.717, 1.165) is 6.92 Å². The molecule has 0 aliphatic heterocycles. The summed E-state index contributed by atoms with van der Waals surface area (Å²) in [5, 5.41) is 18.0. The summed E-state index contributed by atoms with van der Waals surface area (Å²) in [6.45, 7) is -0.314. The molecule has 118 valence electrons. The molecular formula is C12H10F6O3. The summed E-state index contributed by atoms with van der Waals surface area (Å²) >= 11 is 0. The van der Waals surface area contributed by atoms with E-state index < -0.39 is 47.0 Å². The molecule has 1 aromatic rings. The second kappa shape index (κ2) is 5.21. The molecule has 0 aliphatic carbocycles. The molecule has 0 bridgehead atoms. The summed E-state index contributed by atoms with van der Waals surface area (Å²) < 4.78 is 75.9. The number of hydrogen-bond donors (Lipinski definition) is 2. The van der Waals surface area contributed by atoms with Gasteiger partial charge in [0.1, 0.15) is 5.41 Å². The van der Waals surface area contributed by atoms with Crippen LogP contribution in [-0.2, 0) is 22.6 Å². The van der Waals surface area contributed by atoms with Gasteiger partial charge in [-0.3, -0.25) is 4.79 Å². The number of carbonyl (C=O) groups is 1. The van der Waals surface area contributed by atoms with Crippen molar-refractivity contribution in [2.75, 3.05) is 6.61 Å². The first-order valence-corrected chi connectivity index (χ1v) is 5.46. The number of aliphatic hydroxyl groups excluding tert-OH is 1. The third-order valence-corrected chi connectivity index (χ3v) is 3.01. The summed E-state index contributed by atoms with van der Waals surface area (Å²) in [6.07, 6.45) is -10.2. The predicted octanol–water partition coefficient (Wildman–Crippen LogP) is 3.06. The van der Waals surface area contributed by atoms with Crippen molar-refractivity contribution in [1.29, 1.82) is 0 Å². The van der Waals surface area contributed by atoms with Crippen LogP contribution in [0.3, 0.4) is 0 Å². The summed E-state index contributed by atoms with van der Waals surface area (Å²) in [5.74, 6) is -1.74. The van der Waals surface area contributed by atoms with E-state index in [1.807, 2.05) is 0 Å². The van der Waals surface area contributed by atoms with E-state index in [1.54, 1.807) is 0 Å². The van der Waals surface area contributed by atoms with Crippen LogP contribution in [0, 0.1) is 0 Å². The van der Waals surface area contributed by atoms with Gasteiger partial charge in [-0.05, 0) is 30.7 Å². The van der Waals surface area contributed by atoms with Crippen molar-refractivity contribution in [1.82, 2.24) is 0 Å². The highest BCUT2D eigenvalue weighted by Crippen LogP contribution is 2.38. The van der Waals surface area contributed by atoms with Gasteiger partial charge in [-0.25, -0.2) is 0 Å². The minimum absolute atomic E-state index is 0.108. The Kier molecular flexibility index (Phi) is 4.29. The Morgan fingerprint density at radius 2 is 1.29 bits per heavy atom. The fourth-order valence-electron chi connectivity index (χ4n) is 1.56. The molecule has 0 heterocycles. The Morgan fingerprint density at radius 1 is 0.952 bits per heavy atom. The highest BCUT2D eigenvalue weighted by molar-refractivity contribution is 5.81. The maximum atomic E-state index is 12.7. The van der Waals surface area contributed by atoms with Gasteiger partial charge in [-0.1, -0.05) is 0 Å². The second-order valence-corrected chi connectivity index (χ2v) is 4.59. The molecule has 0 fully saturated rings. The monoisotopic (exact) mass is 316 g/mol. The highest BCUT2D eigenvalue weighted by Gasteiger charge is 2.41. The number of aliphatic carboxylic acids is 1. The minimum Gasteiger partial charge on any atom is -0.481 e. The summed E-state index contributed by atoms with van der Waals surface area (Å²) in [6, 6.07) is 0.475. The molecule has 21 heavy (non-hydrogen) atoms. The fourth-order valence-corrected chi connectivity index (χ4v) is 1.56. The molecule has 0 unspecified atom stereocenters. The molecule has 2 N–H and O–H groups in total. The lowest BCUT2D eigenvalue weighted by Gasteiger charge is -2.25. The van der Waals surface area contributed by atoms with E-state index in [9.17, 15) is 31.1 Å². The van der Waals surface area contributed by atoms with E-state index in [-0.39, 0.29) is 6.07 Å². The first-order chi connectivity index (χ1) is 9.32. The van der Waals surface area contributed by atoms with E-state index in [0.29, 0.717) is 12.1 Å². The zero-order chi connectivity index (χ0) is 16.6. The summed E-state index contributed by atoms with van der Waals surface area (Å²) in [4.78, 5) is 11.1. The van der Waals surface area contributed by atoms with Gasteiger partial charge >= 0.3 is 18.3 Å². The Hall–Kier alpha value is -1.77. The smallest absolute Gasteiger partial charge is 0.416 e. The molecular weight excluding hydrogens is 306 g/mol. The van der Waals surface area contributed by atoms with Crippen LogP contribution in [0.15, 0.2) is 18.2 Å². The Bertz CT molecular complexity index is 517. The third kappa shape index (κ3) is 3.46. The second-order valence-electron chi connectivity index (χ2n) is 4.59. The van der Waals surface area contributed by atoms with Gasteiger partial charge < -0.3 is 10.2 Å². The standard InChI is InChI=1S/C12H10F6O3/c1-10(5-19,9(20)21)6-2-7(11(13,14)15)4-8(3-6)12(16,17)18/h2-4,19H,5H2,1H3,(H,20,21)/t10-/m1/s1. The molecule has 1 atom stereocenters. The van der Waals surface area contributed by atoms with Crippen LogP contribution in [0.5, 0.6) is 0 Å². The van der Waals surface area contributed by atoms with Crippen molar-refractivity contribution < 1.29 is 41.4 Å². The molecule has 0 aromatic heterocycles. The quantitative estimate of drug-likeness (QED) is 0.843. The molecule has 0 amide bonds. The van der Waals surface area contributed by atoms with E-state index in [1.165, 1.54) is 0 Å². The van der Waals surface area contributed by atoms with Crippen molar-refractivity contribution in [3.8, 4) is 0 Å². The van der Waals surface area contributed by atoms with Crippen molar-refractivity contribution in [3.05, 3.63) is 34.9 Å². The number of carboxylic acid groups (broad SMARTS) is 1. The van der Waals surface area contributed by atoms with Gasteiger partial charge in [0.25, 0.3) is 0 Å². The molecule has 3 nitrogen and oxygen atoms in total. The zero-order valence-corrected chi connectivity index (χ0v) is 10.5. The lowest BCUT2D eigenvalue weighted by Crippen LogP contribution is -2.36. The van der Waals surface area contributed by atoms with Crippen LogP contribution in [0.25, 0.3) is 0 Å². The number of carboxylic acids is 1. The zero-order valence-electron chi connectivity index (χ0n) is 10.5. The lowest BCUT2D eigenvalue weighted by atomic mass is 9.81. The number of alkyl halides is 6. The van der Waals surface area contributed by atoms with Gasteiger partial charge in [-0.15, -0.1) is 0 Å². The van der Waals surface area contributed by atoms with Crippen molar-refractivity contribution >= 4 is 5.97 Å². The van der Waals surface area contributed by atoms with Crippen LogP contribution in [0.1, 0.15) is 23.6 Å². The number of aliphatic hydroxyl groups is 1. The summed E-state index contributed by atoms with van der Waals surface area (Å²) in [5.41, 5.74) is -6.32. The van der Waals surface area contributed by atoms with E-state index in [2.05, 4.69) is 0 Å². The number of benzene rings is 1. The molecule has 0 radical (unpaired) electrons. The van der Waals surface area contributed by atoms with Crippen molar-refractivity contribution in [3.63, 3.8) is 0 Å². The highest BCUT2D eigenvalue weighted by atomic mass is 19.4. The Balaban J connectivity index is 3.64. The van der Waals surface area contributed by atoms with E-state index in [4.69, 9.17) is 10.2 Å². The molecule has 0 spiro atoms. The van der Waals surface area contributed by atoms with Gasteiger partial charge in [0.05, 0.1) is 17.7 Å². The topological polar surface area (TPSA) is 57.5 Å².